The van der Waals surface area contributed by atoms with Crippen LogP contribution in [0.4, 0.5) is 5.69 Å². The van der Waals surface area contributed by atoms with E-state index < -0.39 is 0 Å². The fraction of sp³-hybridized carbons (Fsp3) is 0.250. The molecule has 2 heteroatoms. The van der Waals surface area contributed by atoms with Crippen molar-refractivity contribution >= 4 is 5.69 Å². The van der Waals surface area contributed by atoms with E-state index in [1.807, 2.05) is 37.3 Å². The molecular formula is C16H19NO. The number of anilines is 1. The zero-order valence-corrected chi connectivity index (χ0v) is 10.9. The molecule has 0 amide bonds. The van der Waals surface area contributed by atoms with Crippen molar-refractivity contribution in [1.29, 1.82) is 0 Å². The molecule has 0 fully saturated rings. The van der Waals surface area contributed by atoms with Crippen molar-refractivity contribution in [3.8, 4) is 11.5 Å². The fourth-order valence-corrected chi connectivity index (χ4v) is 1.88. The molecule has 0 aliphatic heterocycles. The summed E-state index contributed by atoms with van der Waals surface area (Å²) in [5.41, 5.74) is 9.06. The van der Waals surface area contributed by atoms with Crippen LogP contribution in [0.2, 0.25) is 0 Å². The highest BCUT2D eigenvalue weighted by Gasteiger charge is 2.04. The lowest BCUT2D eigenvalue weighted by molar-refractivity contribution is 0.484. The van der Waals surface area contributed by atoms with Crippen molar-refractivity contribution in [1.82, 2.24) is 0 Å². The van der Waals surface area contributed by atoms with Gasteiger partial charge in [-0.3, -0.25) is 0 Å². The lowest BCUT2D eigenvalue weighted by Crippen LogP contribution is -1.94. The van der Waals surface area contributed by atoms with Gasteiger partial charge in [-0.1, -0.05) is 37.6 Å². The number of ether oxygens (including phenoxy) is 1. The van der Waals surface area contributed by atoms with Gasteiger partial charge in [-0.15, -0.1) is 0 Å². The second-order valence-corrected chi connectivity index (χ2v) is 4.48. The van der Waals surface area contributed by atoms with E-state index in [1.165, 1.54) is 5.56 Å². The Balaban J connectivity index is 2.16. The normalized spacial score (nSPS) is 10.3. The van der Waals surface area contributed by atoms with Gasteiger partial charge in [0.2, 0.25) is 0 Å². The zero-order chi connectivity index (χ0) is 13.0. The summed E-state index contributed by atoms with van der Waals surface area (Å²) in [4.78, 5) is 0. The number of benzene rings is 2. The summed E-state index contributed by atoms with van der Waals surface area (Å²) >= 11 is 0. The monoisotopic (exact) mass is 241 g/mol. The maximum atomic E-state index is 5.98. The predicted octanol–water partition coefficient (Wildman–Crippen LogP) is 4.32. The van der Waals surface area contributed by atoms with Crippen molar-refractivity contribution < 1.29 is 4.74 Å². The highest BCUT2D eigenvalue weighted by molar-refractivity contribution is 5.59. The first kappa shape index (κ1) is 12.5. The van der Waals surface area contributed by atoms with Gasteiger partial charge in [0.05, 0.1) is 5.69 Å². The Morgan fingerprint density at radius 3 is 2.44 bits per heavy atom. The van der Waals surface area contributed by atoms with Gasteiger partial charge in [-0.05, 0) is 42.7 Å². The Hall–Kier alpha value is -1.96. The quantitative estimate of drug-likeness (QED) is 0.809. The van der Waals surface area contributed by atoms with Gasteiger partial charge in [0.15, 0.2) is 5.75 Å². The summed E-state index contributed by atoms with van der Waals surface area (Å²) in [5, 5.41) is 0. The summed E-state index contributed by atoms with van der Waals surface area (Å²) in [7, 11) is 0. The van der Waals surface area contributed by atoms with Gasteiger partial charge >= 0.3 is 0 Å². The lowest BCUT2D eigenvalue weighted by atomic mass is 10.1. The first-order valence-electron chi connectivity index (χ1n) is 6.32. The van der Waals surface area contributed by atoms with E-state index in [0.717, 1.165) is 29.9 Å². The molecule has 0 bridgehead atoms. The minimum Gasteiger partial charge on any atom is -0.455 e. The second kappa shape index (κ2) is 5.58. The Labute approximate surface area is 108 Å². The number of hydrogen-bond donors (Lipinski definition) is 1. The van der Waals surface area contributed by atoms with E-state index >= 15 is 0 Å². The number of nitrogen functional groups attached to an aromatic ring is 1. The Morgan fingerprint density at radius 1 is 1.06 bits per heavy atom. The van der Waals surface area contributed by atoms with Crippen LogP contribution in [0.3, 0.4) is 0 Å². The van der Waals surface area contributed by atoms with Gasteiger partial charge in [-0.2, -0.15) is 0 Å². The van der Waals surface area contributed by atoms with Crippen molar-refractivity contribution in [2.24, 2.45) is 0 Å². The number of hydrogen-bond acceptors (Lipinski definition) is 2. The third-order valence-corrected chi connectivity index (χ3v) is 2.97. The molecule has 0 aliphatic carbocycles. The van der Waals surface area contributed by atoms with Crippen LogP contribution >= 0.6 is 0 Å². The minimum atomic E-state index is 0.704. The van der Waals surface area contributed by atoms with Gasteiger partial charge in [-0.25, -0.2) is 0 Å². The van der Waals surface area contributed by atoms with Gasteiger partial charge in [0.25, 0.3) is 0 Å². The van der Waals surface area contributed by atoms with E-state index in [1.54, 1.807) is 0 Å². The first-order chi connectivity index (χ1) is 8.70. The van der Waals surface area contributed by atoms with Gasteiger partial charge in [0.1, 0.15) is 5.75 Å². The van der Waals surface area contributed by atoms with E-state index in [4.69, 9.17) is 10.5 Å². The van der Waals surface area contributed by atoms with E-state index in [9.17, 15) is 0 Å². The lowest BCUT2D eigenvalue weighted by Gasteiger charge is -2.10. The molecule has 0 aromatic heterocycles. The molecule has 2 nitrogen and oxygen atoms in total. The molecule has 2 aromatic carbocycles. The summed E-state index contributed by atoms with van der Waals surface area (Å²) in [6, 6.07) is 14.0. The predicted molar refractivity (Wildman–Crippen MR) is 76.1 cm³/mol. The van der Waals surface area contributed by atoms with Crippen LogP contribution in [0, 0.1) is 6.92 Å². The number of aryl methyl sites for hydroxylation is 2. The molecule has 94 valence electrons. The Morgan fingerprint density at radius 2 is 1.78 bits per heavy atom. The van der Waals surface area contributed by atoms with Crippen LogP contribution in [0.15, 0.2) is 42.5 Å². The van der Waals surface area contributed by atoms with Crippen molar-refractivity contribution in [2.45, 2.75) is 26.7 Å². The molecule has 0 saturated carbocycles. The molecule has 0 spiro atoms. The molecule has 2 rings (SSSR count). The fourth-order valence-electron chi connectivity index (χ4n) is 1.88. The van der Waals surface area contributed by atoms with Crippen LogP contribution in [-0.2, 0) is 6.42 Å². The molecule has 2 aromatic rings. The van der Waals surface area contributed by atoms with Crippen LogP contribution in [0.5, 0.6) is 11.5 Å². The standard InChI is InChI=1S/C16H19NO/c1-3-5-13-8-10-14(11-9-13)18-15-7-4-6-12(2)16(15)17/h4,6-11H,3,5,17H2,1-2H3. The average molecular weight is 241 g/mol. The van der Waals surface area contributed by atoms with Crippen LogP contribution in [-0.4, -0.2) is 0 Å². The summed E-state index contributed by atoms with van der Waals surface area (Å²) in [5.74, 6) is 1.55. The van der Waals surface area contributed by atoms with Crippen molar-refractivity contribution in [3.05, 3.63) is 53.6 Å². The Kier molecular flexibility index (Phi) is 3.88. The first-order valence-corrected chi connectivity index (χ1v) is 6.32. The summed E-state index contributed by atoms with van der Waals surface area (Å²) < 4.78 is 5.80. The molecule has 0 atom stereocenters. The number of nitrogens with two attached hydrogens (primary N) is 1. The summed E-state index contributed by atoms with van der Waals surface area (Å²) in [6.07, 6.45) is 2.26. The molecule has 0 radical (unpaired) electrons. The second-order valence-electron chi connectivity index (χ2n) is 4.48. The molecule has 2 N–H and O–H groups in total. The molecular weight excluding hydrogens is 222 g/mol. The highest BCUT2D eigenvalue weighted by atomic mass is 16.5. The zero-order valence-electron chi connectivity index (χ0n) is 10.9. The average Bonchev–Trinajstić information content (AvgIpc) is 2.38. The third kappa shape index (κ3) is 2.83. The van der Waals surface area contributed by atoms with Gasteiger partial charge < -0.3 is 10.5 Å². The molecule has 0 unspecified atom stereocenters. The maximum Gasteiger partial charge on any atom is 0.150 e. The molecule has 0 aliphatic rings. The molecule has 18 heavy (non-hydrogen) atoms. The number of rotatable bonds is 4. The van der Waals surface area contributed by atoms with Crippen LogP contribution in [0.25, 0.3) is 0 Å². The minimum absolute atomic E-state index is 0.704. The van der Waals surface area contributed by atoms with E-state index in [-0.39, 0.29) is 0 Å². The van der Waals surface area contributed by atoms with E-state index in [2.05, 4.69) is 19.1 Å². The largest absolute Gasteiger partial charge is 0.455 e. The van der Waals surface area contributed by atoms with Crippen LogP contribution in [0.1, 0.15) is 24.5 Å². The maximum absolute atomic E-state index is 5.98. The SMILES string of the molecule is CCCc1ccc(Oc2cccc(C)c2N)cc1. The Bertz CT molecular complexity index is 517. The smallest absolute Gasteiger partial charge is 0.150 e. The highest BCUT2D eigenvalue weighted by Crippen LogP contribution is 2.29. The van der Waals surface area contributed by atoms with Crippen molar-refractivity contribution in [2.75, 3.05) is 5.73 Å². The third-order valence-electron chi connectivity index (χ3n) is 2.97. The molecule has 0 heterocycles. The topological polar surface area (TPSA) is 35.2 Å². The van der Waals surface area contributed by atoms with E-state index in [0.29, 0.717) is 5.69 Å². The summed E-state index contributed by atoms with van der Waals surface area (Å²) in [6.45, 7) is 4.16. The molecule has 0 saturated heterocycles. The van der Waals surface area contributed by atoms with Crippen molar-refractivity contribution in [3.63, 3.8) is 0 Å². The van der Waals surface area contributed by atoms with Crippen LogP contribution < -0.4 is 10.5 Å². The van der Waals surface area contributed by atoms with Gasteiger partial charge in [0, 0.05) is 0 Å². The number of para-hydroxylation sites is 1.